The first-order valence-corrected chi connectivity index (χ1v) is 6.71. The number of aromatic hydroxyl groups is 2. The van der Waals surface area contributed by atoms with Gasteiger partial charge >= 0.3 is 5.97 Å². The Kier molecular flexibility index (Phi) is 2.90. The maximum Gasteiger partial charge on any atom is 0.348 e. The Morgan fingerprint density at radius 1 is 1.30 bits per heavy atom. The molecule has 0 radical (unpaired) electrons. The Bertz CT molecular complexity index is 828. The zero-order chi connectivity index (χ0) is 14.3. The Hall–Kier alpha value is -2.41. The summed E-state index contributed by atoms with van der Waals surface area (Å²) in [5.41, 5.74) is 0.880. The molecule has 0 amide bonds. The van der Waals surface area contributed by atoms with Crippen LogP contribution in [0, 0.1) is 0 Å². The molecule has 1 aromatic carbocycles. The van der Waals surface area contributed by atoms with Gasteiger partial charge < -0.3 is 14.9 Å². The van der Waals surface area contributed by atoms with Gasteiger partial charge in [-0.2, -0.15) is 0 Å². The first kappa shape index (κ1) is 12.6. The number of carbonyl (C=O) groups is 1. The zero-order valence-electron chi connectivity index (χ0n) is 10.5. The molecule has 0 atom stereocenters. The minimum absolute atomic E-state index is 0.308. The van der Waals surface area contributed by atoms with Crippen LogP contribution in [-0.4, -0.2) is 32.8 Å². The molecule has 102 valence electrons. The number of hydrogen-bond acceptors (Lipinski definition) is 7. The number of esters is 1. The van der Waals surface area contributed by atoms with E-state index in [1.54, 1.807) is 25.1 Å². The predicted molar refractivity (Wildman–Crippen MR) is 74.2 cm³/mol. The van der Waals surface area contributed by atoms with Gasteiger partial charge in [-0.05, 0) is 25.1 Å². The number of aromatic nitrogens is 2. The minimum Gasteiger partial charge on any atom is -0.489 e. The molecule has 0 fully saturated rings. The van der Waals surface area contributed by atoms with Crippen LogP contribution in [0.15, 0.2) is 18.2 Å². The molecule has 2 heterocycles. The van der Waals surface area contributed by atoms with E-state index in [1.165, 1.54) is 11.3 Å². The highest BCUT2D eigenvalue weighted by atomic mass is 32.1. The fraction of sp³-hybridized carbons (Fsp3) is 0.154. The molecule has 7 heteroatoms. The molecule has 6 nitrogen and oxygen atoms in total. The van der Waals surface area contributed by atoms with Crippen molar-refractivity contribution in [2.45, 2.75) is 6.92 Å². The summed E-state index contributed by atoms with van der Waals surface area (Å²) < 4.78 is 5.79. The summed E-state index contributed by atoms with van der Waals surface area (Å²) >= 11 is 1.28. The van der Waals surface area contributed by atoms with Crippen LogP contribution in [0.3, 0.4) is 0 Å². The number of hydrogen-bond donors (Lipinski definition) is 2. The Morgan fingerprint density at radius 3 is 2.80 bits per heavy atom. The Labute approximate surface area is 117 Å². The molecule has 0 bridgehead atoms. The number of carbonyl (C=O) groups excluding carboxylic acids is 1. The smallest absolute Gasteiger partial charge is 0.348 e. The van der Waals surface area contributed by atoms with Crippen LogP contribution in [0.5, 0.6) is 11.8 Å². The van der Waals surface area contributed by atoms with E-state index in [0.29, 0.717) is 27.9 Å². The van der Waals surface area contributed by atoms with E-state index in [1.807, 2.05) is 0 Å². The summed E-state index contributed by atoms with van der Waals surface area (Å²) in [4.78, 5) is 20.0. The lowest BCUT2D eigenvalue weighted by atomic mass is 10.2. The molecule has 0 saturated heterocycles. The van der Waals surface area contributed by atoms with Crippen LogP contribution in [0.4, 0.5) is 0 Å². The van der Waals surface area contributed by atoms with Gasteiger partial charge in [-0.1, -0.05) is 0 Å². The lowest BCUT2D eigenvalue weighted by molar-refractivity contribution is 0.0532. The fourth-order valence-corrected chi connectivity index (χ4v) is 2.87. The average Bonchev–Trinajstić information content (AvgIpc) is 2.85. The van der Waals surface area contributed by atoms with Crippen molar-refractivity contribution >= 4 is 38.4 Å². The van der Waals surface area contributed by atoms with E-state index in [0.717, 1.165) is 4.70 Å². The maximum atomic E-state index is 11.7. The summed E-state index contributed by atoms with van der Waals surface area (Å²) in [6.07, 6.45) is 0. The van der Waals surface area contributed by atoms with Gasteiger partial charge in [0.1, 0.15) is 10.4 Å². The standard InChI is InChI=1S/C13H10N2O4S/c1-2-19-13(18)9-5-6-8(20-9)4-3-7-10(6)15-12(17)11(16)14-7/h3-5H,2H2,1H3,(H,14,16)(H,15,17). The Balaban J connectivity index is 2.25. The fourth-order valence-electron chi connectivity index (χ4n) is 1.92. The highest BCUT2D eigenvalue weighted by molar-refractivity contribution is 7.20. The van der Waals surface area contributed by atoms with Crippen LogP contribution in [0.2, 0.25) is 0 Å². The van der Waals surface area contributed by atoms with Gasteiger partial charge in [0, 0.05) is 10.1 Å². The quantitative estimate of drug-likeness (QED) is 0.704. The summed E-state index contributed by atoms with van der Waals surface area (Å²) in [7, 11) is 0. The predicted octanol–water partition coefficient (Wildman–Crippen LogP) is 2.43. The van der Waals surface area contributed by atoms with Gasteiger partial charge in [-0.15, -0.1) is 11.3 Å². The first-order valence-electron chi connectivity index (χ1n) is 5.89. The first-order chi connectivity index (χ1) is 9.60. The van der Waals surface area contributed by atoms with Gasteiger partial charge in [0.05, 0.1) is 12.1 Å². The van der Waals surface area contributed by atoms with Crippen LogP contribution in [0.25, 0.3) is 21.1 Å². The summed E-state index contributed by atoms with van der Waals surface area (Å²) in [6.45, 7) is 2.05. The van der Waals surface area contributed by atoms with Crippen LogP contribution in [0.1, 0.15) is 16.6 Å². The Morgan fingerprint density at radius 2 is 2.05 bits per heavy atom. The van der Waals surface area contributed by atoms with E-state index in [9.17, 15) is 15.0 Å². The number of ether oxygens (including phenoxy) is 1. The topological polar surface area (TPSA) is 92.5 Å². The molecule has 0 aliphatic rings. The van der Waals surface area contributed by atoms with E-state index in [2.05, 4.69) is 9.97 Å². The van der Waals surface area contributed by atoms with Crippen LogP contribution >= 0.6 is 11.3 Å². The molecule has 2 aromatic heterocycles. The molecule has 20 heavy (non-hydrogen) atoms. The molecule has 3 aromatic rings. The van der Waals surface area contributed by atoms with Crippen molar-refractivity contribution < 1.29 is 19.7 Å². The molecular formula is C13H10N2O4S. The number of thiophene rings is 1. The molecule has 2 N–H and O–H groups in total. The van der Waals surface area contributed by atoms with Crippen LogP contribution in [-0.2, 0) is 4.74 Å². The summed E-state index contributed by atoms with van der Waals surface area (Å²) in [6, 6.07) is 5.12. The normalized spacial score (nSPS) is 11.1. The molecule has 0 saturated carbocycles. The molecule has 0 spiro atoms. The largest absolute Gasteiger partial charge is 0.489 e. The molecule has 0 unspecified atom stereocenters. The second-order valence-corrected chi connectivity index (χ2v) is 5.13. The van der Waals surface area contributed by atoms with Gasteiger partial charge in [0.2, 0.25) is 0 Å². The van der Waals surface area contributed by atoms with Crippen molar-refractivity contribution in [3.05, 3.63) is 23.1 Å². The highest BCUT2D eigenvalue weighted by Gasteiger charge is 2.15. The minimum atomic E-state index is -0.533. The lowest BCUT2D eigenvalue weighted by Crippen LogP contribution is -2.01. The van der Waals surface area contributed by atoms with Crippen molar-refractivity contribution in [1.82, 2.24) is 9.97 Å². The van der Waals surface area contributed by atoms with E-state index in [-0.39, 0.29) is 0 Å². The average molecular weight is 290 g/mol. The number of rotatable bonds is 2. The maximum absolute atomic E-state index is 11.7. The van der Waals surface area contributed by atoms with Crippen molar-refractivity contribution in [3.63, 3.8) is 0 Å². The van der Waals surface area contributed by atoms with Crippen molar-refractivity contribution in [3.8, 4) is 11.8 Å². The number of nitrogens with zero attached hydrogens (tertiary/aromatic N) is 2. The second kappa shape index (κ2) is 4.61. The number of benzene rings is 1. The molecule has 0 aliphatic heterocycles. The SMILES string of the molecule is CCOC(=O)c1cc2c(ccc3nc(O)c(O)nc32)s1. The second-order valence-electron chi connectivity index (χ2n) is 4.05. The zero-order valence-corrected chi connectivity index (χ0v) is 11.3. The summed E-state index contributed by atoms with van der Waals surface area (Å²) in [5, 5.41) is 19.5. The van der Waals surface area contributed by atoms with Gasteiger partial charge in [0.15, 0.2) is 0 Å². The van der Waals surface area contributed by atoms with E-state index >= 15 is 0 Å². The highest BCUT2D eigenvalue weighted by Crippen LogP contribution is 2.33. The van der Waals surface area contributed by atoms with Gasteiger partial charge in [-0.3, -0.25) is 0 Å². The third kappa shape index (κ3) is 1.92. The molecule has 0 aliphatic carbocycles. The van der Waals surface area contributed by atoms with Crippen LogP contribution < -0.4 is 0 Å². The third-order valence-corrected chi connectivity index (χ3v) is 3.85. The van der Waals surface area contributed by atoms with E-state index < -0.39 is 17.7 Å². The third-order valence-electron chi connectivity index (χ3n) is 2.77. The monoisotopic (exact) mass is 290 g/mol. The number of fused-ring (bicyclic) bond motifs is 3. The van der Waals surface area contributed by atoms with Crippen molar-refractivity contribution in [2.24, 2.45) is 0 Å². The van der Waals surface area contributed by atoms with Crippen molar-refractivity contribution in [1.29, 1.82) is 0 Å². The van der Waals surface area contributed by atoms with Gasteiger partial charge in [0.25, 0.3) is 11.8 Å². The van der Waals surface area contributed by atoms with Crippen molar-refractivity contribution in [2.75, 3.05) is 6.61 Å². The van der Waals surface area contributed by atoms with E-state index in [4.69, 9.17) is 4.74 Å². The summed E-state index contributed by atoms with van der Waals surface area (Å²) in [5.74, 6) is -1.44. The molecular weight excluding hydrogens is 280 g/mol. The molecule has 3 rings (SSSR count). The van der Waals surface area contributed by atoms with Gasteiger partial charge in [-0.25, -0.2) is 14.8 Å². The lowest BCUT2D eigenvalue weighted by Gasteiger charge is -2.00.